The molecule has 1 aliphatic heterocycles. The fourth-order valence-corrected chi connectivity index (χ4v) is 3.60. The van der Waals surface area contributed by atoms with Crippen LogP contribution in [0.25, 0.3) is 11.3 Å². The van der Waals surface area contributed by atoms with Crippen molar-refractivity contribution >= 4 is 16.5 Å². The second kappa shape index (κ2) is 5.33. The summed E-state index contributed by atoms with van der Waals surface area (Å²) < 4.78 is 0. The van der Waals surface area contributed by atoms with Gasteiger partial charge in [-0.1, -0.05) is 23.8 Å². The molecule has 0 unspecified atom stereocenters. The largest absolute Gasteiger partial charge is 0.348 e. The zero-order valence-corrected chi connectivity index (χ0v) is 12.5. The summed E-state index contributed by atoms with van der Waals surface area (Å²) in [6.45, 7) is 6.64. The molecule has 1 aliphatic rings. The van der Waals surface area contributed by atoms with E-state index in [4.69, 9.17) is 4.98 Å². The van der Waals surface area contributed by atoms with E-state index in [0.717, 1.165) is 5.69 Å². The molecule has 0 bridgehead atoms. The highest BCUT2D eigenvalue weighted by Gasteiger charge is 2.15. The van der Waals surface area contributed by atoms with Crippen molar-refractivity contribution in [2.75, 3.05) is 18.0 Å². The highest BCUT2D eigenvalue weighted by Crippen LogP contribution is 2.31. The first-order valence-corrected chi connectivity index (χ1v) is 7.90. The summed E-state index contributed by atoms with van der Waals surface area (Å²) in [5.41, 5.74) is 5.02. The molecule has 0 spiro atoms. The van der Waals surface area contributed by atoms with Gasteiger partial charge >= 0.3 is 0 Å². The maximum absolute atomic E-state index is 4.84. The van der Waals surface area contributed by atoms with Crippen molar-refractivity contribution in [3.63, 3.8) is 0 Å². The summed E-state index contributed by atoms with van der Waals surface area (Å²) in [5, 5.41) is 3.39. The third-order valence-corrected chi connectivity index (χ3v) is 4.68. The van der Waals surface area contributed by atoms with Crippen LogP contribution in [-0.2, 0) is 0 Å². The average Bonchev–Trinajstić information content (AvgIpc) is 2.89. The number of piperidine rings is 1. The molecule has 0 aliphatic carbocycles. The fraction of sp³-hybridized carbons (Fsp3) is 0.438. The quantitative estimate of drug-likeness (QED) is 0.804. The predicted octanol–water partition coefficient (Wildman–Crippen LogP) is 4.42. The molecule has 1 aromatic carbocycles. The maximum atomic E-state index is 4.84. The molecule has 0 atom stereocenters. The van der Waals surface area contributed by atoms with E-state index in [-0.39, 0.29) is 0 Å². The Morgan fingerprint density at radius 3 is 2.63 bits per heavy atom. The Hall–Kier alpha value is -1.35. The van der Waals surface area contributed by atoms with Gasteiger partial charge < -0.3 is 4.90 Å². The molecule has 3 rings (SSSR count). The van der Waals surface area contributed by atoms with Crippen molar-refractivity contribution in [2.45, 2.75) is 33.1 Å². The number of benzene rings is 1. The molecule has 0 N–H and O–H groups in total. The van der Waals surface area contributed by atoms with Gasteiger partial charge in [0.2, 0.25) is 0 Å². The highest BCUT2D eigenvalue weighted by molar-refractivity contribution is 7.14. The SMILES string of the molecule is Cc1ccc(-c2csc(N3CCCCC3)n2)c(C)c1. The van der Waals surface area contributed by atoms with E-state index >= 15 is 0 Å². The minimum atomic E-state index is 1.13. The first-order chi connectivity index (χ1) is 9.24. The van der Waals surface area contributed by atoms with E-state index in [1.807, 2.05) is 0 Å². The van der Waals surface area contributed by atoms with Gasteiger partial charge in [-0.15, -0.1) is 11.3 Å². The Labute approximate surface area is 119 Å². The zero-order chi connectivity index (χ0) is 13.2. The standard InChI is InChI=1S/C16H20N2S/c1-12-6-7-14(13(2)10-12)15-11-19-16(17-15)18-8-4-3-5-9-18/h6-7,10-11H,3-5,8-9H2,1-2H3. The van der Waals surface area contributed by atoms with E-state index < -0.39 is 0 Å². The van der Waals surface area contributed by atoms with Crippen molar-refractivity contribution in [2.24, 2.45) is 0 Å². The molecule has 0 saturated carbocycles. The molecule has 1 aromatic heterocycles. The third-order valence-electron chi connectivity index (χ3n) is 3.78. The van der Waals surface area contributed by atoms with Crippen molar-refractivity contribution in [3.05, 3.63) is 34.7 Å². The van der Waals surface area contributed by atoms with Gasteiger partial charge in [0.15, 0.2) is 5.13 Å². The van der Waals surface area contributed by atoms with Crippen LogP contribution in [0.2, 0.25) is 0 Å². The number of rotatable bonds is 2. The minimum Gasteiger partial charge on any atom is -0.348 e. The van der Waals surface area contributed by atoms with Gasteiger partial charge in [-0.3, -0.25) is 0 Å². The molecular weight excluding hydrogens is 252 g/mol. The highest BCUT2D eigenvalue weighted by atomic mass is 32.1. The molecular formula is C16H20N2S. The maximum Gasteiger partial charge on any atom is 0.185 e. The molecule has 3 heteroatoms. The molecule has 19 heavy (non-hydrogen) atoms. The van der Waals surface area contributed by atoms with Gasteiger partial charge in [-0.05, 0) is 38.7 Å². The molecule has 1 fully saturated rings. The lowest BCUT2D eigenvalue weighted by atomic mass is 10.0. The predicted molar refractivity (Wildman–Crippen MR) is 83.1 cm³/mol. The van der Waals surface area contributed by atoms with Crippen LogP contribution in [-0.4, -0.2) is 18.1 Å². The monoisotopic (exact) mass is 272 g/mol. The second-order valence-corrected chi connectivity index (χ2v) is 6.22. The summed E-state index contributed by atoms with van der Waals surface area (Å²) in [5.74, 6) is 0. The number of aromatic nitrogens is 1. The van der Waals surface area contributed by atoms with Crippen LogP contribution < -0.4 is 4.90 Å². The van der Waals surface area contributed by atoms with E-state index in [1.165, 1.54) is 54.2 Å². The summed E-state index contributed by atoms with van der Waals surface area (Å²) in [7, 11) is 0. The van der Waals surface area contributed by atoms with Crippen LogP contribution in [0.3, 0.4) is 0 Å². The van der Waals surface area contributed by atoms with Gasteiger partial charge in [-0.2, -0.15) is 0 Å². The summed E-state index contributed by atoms with van der Waals surface area (Å²) >= 11 is 1.78. The number of hydrogen-bond acceptors (Lipinski definition) is 3. The first-order valence-electron chi connectivity index (χ1n) is 7.02. The normalized spacial score (nSPS) is 15.8. The topological polar surface area (TPSA) is 16.1 Å². The van der Waals surface area contributed by atoms with Crippen molar-refractivity contribution < 1.29 is 0 Å². The Balaban J connectivity index is 1.87. The van der Waals surface area contributed by atoms with Gasteiger partial charge in [0.05, 0.1) is 5.69 Å². The van der Waals surface area contributed by atoms with Crippen LogP contribution >= 0.6 is 11.3 Å². The first kappa shape index (κ1) is 12.7. The van der Waals surface area contributed by atoms with E-state index in [0.29, 0.717) is 0 Å². The Morgan fingerprint density at radius 2 is 1.89 bits per heavy atom. The summed E-state index contributed by atoms with van der Waals surface area (Å²) in [6, 6.07) is 6.59. The van der Waals surface area contributed by atoms with Gasteiger partial charge in [0, 0.05) is 24.0 Å². The molecule has 0 radical (unpaired) electrons. The number of anilines is 1. The summed E-state index contributed by atoms with van der Waals surface area (Å²) in [6.07, 6.45) is 3.97. The van der Waals surface area contributed by atoms with Crippen LogP contribution in [0.4, 0.5) is 5.13 Å². The average molecular weight is 272 g/mol. The molecule has 100 valence electrons. The molecule has 2 aromatic rings. The number of aryl methyl sites for hydroxylation is 2. The lowest BCUT2D eigenvalue weighted by Crippen LogP contribution is -2.29. The van der Waals surface area contributed by atoms with E-state index in [9.17, 15) is 0 Å². The van der Waals surface area contributed by atoms with Crippen LogP contribution in [0.15, 0.2) is 23.6 Å². The Kier molecular flexibility index (Phi) is 3.56. The van der Waals surface area contributed by atoms with Gasteiger partial charge in [0.1, 0.15) is 0 Å². The van der Waals surface area contributed by atoms with Crippen molar-refractivity contribution in [3.8, 4) is 11.3 Å². The third kappa shape index (κ3) is 2.66. The smallest absolute Gasteiger partial charge is 0.185 e. The number of thiazole rings is 1. The van der Waals surface area contributed by atoms with Crippen LogP contribution in [0.1, 0.15) is 30.4 Å². The second-order valence-electron chi connectivity index (χ2n) is 5.38. The van der Waals surface area contributed by atoms with Crippen molar-refractivity contribution in [1.82, 2.24) is 4.98 Å². The molecule has 1 saturated heterocycles. The number of nitrogens with zero attached hydrogens (tertiary/aromatic N) is 2. The lowest BCUT2D eigenvalue weighted by Gasteiger charge is -2.25. The lowest BCUT2D eigenvalue weighted by molar-refractivity contribution is 0.577. The Morgan fingerprint density at radius 1 is 1.11 bits per heavy atom. The Bertz CT molecular complexity index is 568. The van der Waals surface area contributed by atoms with Gasteiger partial charge in [0.25, 0.3) is 0 Å². The van der Waals surface area contributed by atoms with Crippen LogP contribution in [0, 0.1) is 13.8 Å². The molecule has 2 heterocycles. The minimum absolute atomic E-state index is 1.13. The van der Waals surface area contributed by atoms with Gasteiger partial charge in [-0.25, -0.2) is 4.98 Å². The molecule has 2 nitrogen and oxygen atoms in total. The zero-order valence-electron chi connectivity index (χ0n) is 11.6. The van der Waals surface area contributed by atoms with Crippen LogP contribution in [0.5, 0.6) is 0 Å². The fourth-order valence-electron chi connectivity index (χ4n) is 2.72. The molecule has 0 amide bonds. The number of hydrogen-bond donors (Lipinski definition) is 0. The summed E-state index contributed by atoms with van der Waals surface area (Å²) in [4.78, 5) is 7.27. The van der Waals surface area contributed by atoms with Crippen molar-refractivity contribution in [1.29, 1.82) is 0 Å². The van der Waals surface area contributed by atoms with E-state index in [2.05, 4.69) is 42.3 Å². The van der Waals surface area contributed by atoms with E-state index in [1.54, 1.807) is 11.3 Å².